The Labute approximate surface area is 117 Å². The van der Waals surface area contributed by atoms with E-state index < -0.39 is 4.92 Å². The summed E-state index contributed by atoms with van der Waals surface area (Å²) in [5.74, 6) is 1.97. The molecular formula is C15H15N3O2. The van der Waals surface area contributed by atoms with Crippen molar-refractivity contribution in [2.45, 2.75) is 12.8 Å². The van der Waals surface area contributed by atoms with E-state index in [1.807, 2.05) is 6.07 Å². The van der Waals surface area contributed by atoms with Crippen LogP contribution in [0.25, 0.3) is 0 Å². The van der Waals surface area contributed by atoms with Gasteiger partial charge in [-0.2, -0.15) is 5.26 Å². The highest BCUT2D eigenvalue weighted by Crippen LogP contribution is 2.43. The lowest BCUT2D eigenvalue weighted by molar-refractivity contribution is -0.384. The summed E-state index contributed by atoms with van der Waals surface area (Å²) in [6.45, 7) is 0.817. The van der Waals surface area contributed by atoms with Crippen LogP contribution in [0.2, 0.25) is 0 Å². The molecule has 3 atom stereocenters. The highest BCUT2D eigenvalue weighted by atomic mass is 16.6. The number of nitriles is 1. The van der Waals surface area contributed by atoms with Gasteiger partial charge in [-0.05, 0) is 36.7 Å². The van der Waals surface area contributed by atoms with E-state index in [0.29, 0.717) is 23.1 Å². The number of allylic oxidation sites excluding steroid dienone is 2. The first-order chi connectivity index (χ1) is 9.67. The maximum Gasteiger partial charge on any atom is 0.270 e. The maximum absolute atomic E-state index is 10.7. The SMILES string of the molecule is N#Cc1cc([N+](=O)[O-])ccc1NCC1CC2C=CC1C2. The molecule has 2 aliphatic rings. The number of hydrogen-bond acceptors (Lipinski definition) is 4. The van der Waals surface area contributed by atoms with Crippen LogP contribution in [0.15, 0.2) is 30.4 Å². The second-order valence-electron chi connectivity index (χ2n) is 5.52. The van der Waals surface area contributed by atoms with Crippen LogP contribution >= 0.6 is 0 Å². The molecule has 3 unspecified atom stereocenters. The molecule has 3 rings (SSSR count). The van der Waals surface area contributed by atoms with Gasteiger partial charge in [-0.15, -0.1) is 0 Å². The summed E-state index contributed by atoms with van der Waals surface area (Å²) in [5, 5.41) is 23.1. The van der Waals surface area contributed by atoms with E-state index in [2.05, 4.69) is 17.5 Å². The number of fused-ring (bicyclic) bond motifs is 2. The smallest absolute Gasteiger partial charge is 0.270 e. The van der Waals surface area contributed by atoms with Crippen LogP contribution in [0.4, 0.5) is 11.4 Å². The fourth-order valence-corrected chi connectivity index (χ4v) is 3.26. The van der Waals surface area contributed by atoms with Crippen molar-refractivity contribution in [3.05, 3.63) is 46.0 Å². The lowest BCUT2D eigenvalue weighted by Gasteiger charge is -2.19. The van der Waals surface area contributed by atoms with Crippen LogP contribution in [0.5, 0.6) is 0 Å². The predicted octanol–water partition coefficient (Wildman–Crippen LogP) is 3.09. The summed E-state index contributed by atoms with van der Waals surface area (Å²) in [4.78, 5) is 10.2. The van der Waals surface area contributed by atoms with Crippen molar-refractivity contribution < 1.29 is 4.92 Å². The van der Waals surface area contributed by atoms with Gasteiger partial charge >= 0.3 is 0 Å². The van der Waals surface area contributed by atoms with Gasteiger partial charge in [0.15, 0.2) is 0 Å². The minimum atomic E-state index is -0.481. The summed E-state index contributed by atoms with van der Waals surface area (Å²) < 4.78 is 0. The summed E-state index contributed by atoms with van der Waals surface area (Å²) in [5.41, 5.74) is 0.970. The highest BCUT2D eigenvalue weighted by Gasteiger charge is 2.35. The van der Waals surface area contributed by atoms with E-state index in [9.17, 15) is 10.1 Å². The van der Waals surface area contributed by atoms with Crippen LogP contribution in [0, 0.1) is 39.2 Å². The largest absolute Gasteiger partial charge is 0.384 e. The third-order valence-corrected chi connectivity index (χ3v) is 4.31. The molecule has 0 saturated heterocycles. The van der Waals surface area contributed by atoms with E-state index in [4.69, 9.17) is 5.26 Å². The van der Waals surface area contributed by atoms with Crippen LogP contribution in [-0.2, 0) is 0 Å². The van der Waals surface area contributed by atoms with Gasteiger partial charge in [0.05, 0.1) is 16.2 Å². The Morgan fingerprint density at radius 1 is 1.40 bits per heavy atom. The molecule has 20 heavy (non-hydrogen) atoms. The van der Waals surface area contributed by atoms with E-state index in [1.165, 1.54) is 25.0 Å². The Balaban J connectivity index is 1.70. The van der Waals surface area contributed by atoms with Crippen molar-refractivity contribution >= 4 is 11.4 Å². The van der Waals surface area contributed by atoms with Gasteiger partial charge in [0, 0.05) is 18.7 Å². The zero-order valence-corrected chi connectivity index (χ0v) is 11.0. The molecule has 1 saturated carbocycles. The third kappa shape index (κ3) is 2.25. The average Bonchev–Trinajstić information content (AvgIpc) is 3.07. The van der Waals surface area contributed by atoms with E-state index in [1.54, 1.807) is 6.07 Å². The standard InChI is InChI=1S/C15H15N3O2/c16-8-12-7-14(18(19)20)3-4-15(12)17-9-13-6-10-1-2-11(13)5-10/h1-4,7,10-11,13,17H,5-6,9H2. The number of nitrogens with one attached hydrogen (secondary N) is 1. The number of nitrogens with zero attached hydrogens (tertiary/aromatic N) is 2. The Morgan fingerprint density at radius 3 is 2.85 bits per heavy atom. The lowest BCUT2D eigenvalue weighted by Crippen LogP contribution is -2.18. The first kappa shape index (κ1) is 12.7. The van der Waals surface area contributed by atoms with Gasteiger partial charge < -0.3 is 5.32 Å². The second kappa shape index (κ2) is 4.97. The summed E-state index contributed by atoms with van der Waals surface area (Å²) in [7, 11) is 0. The third-order valence-electron chi connectivity index (χ3n) is 4.31. The van der Waals surface area contributed by atoms with Gasteiger partial charge in [-0.3, -0.25) is 10.1 Å². The Kier molecular flexibility index (Phi) is 3.15. The van der Waals surface area contributed by atoms with Gasteiger partial charge in [0.25, 0.3) is 5.69 Å². The molecule has 1 aromatic rings. The molecule has 0 spiro atoms. The van der Waals surface area contributed by atoms with Crippen LogP contribution in [0.3, 0.4) is 0 Å². The maximum atomic E-state index is 10.7. The fourth-order valence-electron chi connectivity index (χ4n) is 3.26. The molecular weight excluding hydrogens is 254 g/mol. The molecule has 102 valence electrons. The first-order valence-corrected chi connectivity index (χ1v) is 6.78. The summed E-state index contributed by atoms with van der Waals surface area (Å²) in [6.07, 6.45) is 7.04. The number of anilines is 1. The zero-order chi connectivity index (χ0) is 14.1. The van der Waals surface area contributed by atoms with E-state index >= 15 is 0 Å². The second-order valence-corrected chi connectivity index (χ2v) is 5.52. The molecule has 1 N–H and O–H groups in total. The molecule has 5 nitrogen and oxygen atoms in total. The molecule has 5 heteroatoms. The monoisotopic (exact) mass is 269 g/mol. The molecule has 0 aliphatic heterocycles. The molecule has 2 bridgehead atoms. The van der Waals surface area contributed by atoms with Crippen LogP contribution < -0.4 is 5.32 Å². The van der Waals surface area contributed by atoms with E-state index in [-0.39, 0.29) is 5.69 Å². The van der Waals surface area contributed by atoms with Crippen LogP contribution in [0.1, 0.15) is 18.4 Å². The summed E-state index contributed by atoms with van der Waals surface area (Å²) in [6, 6.07) is 6.40. The average molecular weight is 269 g/mol. The number of rotatable bonds is 4. The van der Waals surface area contributed by atoms with Crippen LogP contribution in [-0.4, -0.2) is 11.5 Å². The Bertz CT molecular complexity index is 618. The molecule has 0 aromatic heterocycles. The van der Waals surface area contributed by atoms with Crippen molar-refractivity contribution in [1.29, 1.82) is 5.26 Å². The first-order valence-electron chi connectivity index (χ1n) is 6.78. The molecule has 2 aliphatic carbocycles. The molecule has 0 heterocycles. The quantitative estimate of drug-likeness (QED) is 0.517. The van der Waals surface area contributed by atoms with Gasteiger partial charge in [0.1, 0.15) is 6.07 Å². The van der Waals surface area contributed by atoms with Gasteiger partial charge in [0.2, 0.25) is 0 Å². The van der Waals surface area contributed by atoms with Gasteiger partial charge in [-0.25, -0.2) is 0 Å². The number of nitro groups is 1. The topological polar surface area (TPSA) is 79.0 Å². The zero-order valence-electron chi connectivity index (χ0n) is 11.0. The molecule has 1 fully saturated rings. The predicted molar refractivity (Wildman–Crippen MR) is 75.1 cm³/mol. The van der Waals surface area contributed by atoms with Crippen molar-refractivity contribution in [1.82, 2.24) is 0 Å². The number of benzene rings is 1. The normalized spacial score (nSPS) is 26.4. The molecule has 0 radical (unpaired) electrons. The number of nitro benzene ring substituents is 1. The fraction of sp³-hybridized carbons (Fsp3) is 0.400. The Hall–Kier alpha value is -2.35. The van der Waals surface area contributed by atoms with Crippen molar-refractivity contribution in [2.24, 2.45) is 17.8 Å². The minimum Gasteiger partial charge on any atom is -0.384 e. The minimum absolute atomic E-state index is 0.0463. The molecule has 1 aromatic carbocycles. The number of non-ortho nitro benzene ring substituents is 1. The van der Waals surface area contributed by atoms with Crippen molar-refractivity contribution in [3.63, 3.8) is 0 Å². The summed E-state index contributed by atoms with van der Waals surface area (Å²) >= 11 is 0. The van der Waals surface area contributed by atoms with Crippen molar-refractivity contribution in [3.8, 4) is 6.07 Å². The molecule has 0 amide bonds. The lowest BCUT2D eigenvalue weighted by atomic mass is 9.93. The highest BCUT2D eigenvalue weighted by molar-refractivity contribution is 5.61. The number of hydrogen-bond donors (Lipinski definition) is 1. The van der Waals surface area contributed by atoms with Gasteiger partial charge in [-0.1, -0.05) is 12.2 Å². The van der Waals surface area contributed by atoms with Crippen molar-refractivity contribution in [2.75, 3.05) is 11.9 Å². The Morgan fingerprint density at radius 2 is 2.25 bits per heavy atom. The van der Waals surface area contributed by atoms with E-state index in [0.717, 1.165) is 12.5 Å².